The lowest BCUT2D eigenvalue weighted by Crippen LogP contribution is -2.02. The van der Waals surface area contributed by atoms with E-state index >= 15 is 0 Å². The number of aliphatic imine (C=N–C) groups is 1. The number of aryl methyl sites for hydroxylation is 5. The van der Waals surface area contributed by atoms with Gasteiger partial charge in [-0.05, 0) is 98.1 Å². The second kappa shape index (κ2) is 23.6. The van der Waals surface area contributed by atoms with Gasteiger partial charge in [-0.3, -0.25) is 5.41 Å². The quantitative estimate of drug-likeness (QED) is 0.155. The second-order valence-corrected chi connectivity index (χ2v) is 19.8. The molecule has 2 nitrogen and oxygen atoms in total. The van der Waals surface area contributed by atoms with E-state index in [2.05, 4.69) is 148 Å². The Morgan fingerprint density at radius 2 is 0.803 bits per heavy atom. The first kappa shape index (κ1) is 46.8. The zero-order valence-electron chi connectivity index (χ0n) is 34.4. The normalized spacial score (nSPS) is 10.1. The lowest BCUT2D eigenvalue weighted by atomic mass is 10.0. The van der Waals surface area contributed by atoms with Crippen LogP contribution in [0.15, 0.2) is 198 Å². The van der Waals surface area contributed by atoms with Crippen molar-refractivity contribution in [1.29, 1.82) is 5.41 Å². The largest absolute Gasteiger partial charge is 0.300 e. The van der Waals surface area contributed by atoms with Gasteiger partial charge in [0.1, 0.15) is 0 Å². The molecule has 0 aliphatic rings. The molecule has 1 N–H and O–H groups in total. The fraction of sp³-hybridized carbons (Fsp3) is 0.111. The van der Waals surface area contributed by atoms with E-state index in [1.165, 1.54) is 49.1 Å². The zero-order chi connectivity index (χ0) is 42.3. The van der Waals surface area contributed by atoms with Gasteiger partial charge in [-0.15, -0.1) is 45.3 Å². The monoisotopic (exact) mass is 934 g/mol. The lowest BCUT2D eigenvalue weighted by molar-refractivity contribution is 1.46. The van der Waals surface area contributed by atoms with Crippen LogP contribution in [0.5, 0.6) is 0 Å². The van der Waals surface area contributed by atoms with Crippen molar-refractivity contribution in [1.82, 2.24) is 0 Å². The molecule has 61 heavy (non-hydrogen) atoms. The van der Waals surface area contributed by atoms with Crippen molar-refractivity contribution in [2.45, 2.75) is 42.0 Å². The summed E-state index contributed by atoms with van der Waals surface area (Å²) in [5.74, 6) is 0. The van der Waals surface area contributed by atoms with Crippen LogP contribution in [0.2, 0.25) is 0 Å². The Bertz CT molecular complexity index is 2630. The predicted octanol–water partition coefficient (Wildman–Crippen LogP) is 17.9. The fourth-order valence-corrected chi connectivity index (χ4v) is 11.0. The van der Waals surface area contributed by atoms with Crippen molar-refractivity contribution in [3.63, 3.8) is 0 Å². The van der Waals surface area contributed by atoms with Gasteiger partial charge in [0.15, 0.2) is 0 Å². The molecule has 0 atom stereocenters. The summed E-state index contributed by atoms with van der Waals surface area (Å²) in [5, 5.41) is 7.97. The van der Waals surface area contributed by atoms with Crippen LogP contribution in [0.4, 0.5) is 5.69 Å². The van der Waals surface area contributed by atoms with Crippen LogP contribution < -0.4 is 0 Å². The standard InChI is InChI=1S/C23H19NS2.C13H11N.C10H9BrS2.C7H8.CH4/c1-16-13-14-21(25-16)23-20(15-17(2)26-23)24-22(18-9-5-3-6-10-18)19-11-7-4-8-12-19;14-13(11-7-3-1-4-8-11)12-9-5-2-6-10-12;1-6-3-4-9(12-6)10-8(11)5-7(2)13-10;1-7-5-3-2-4-6-7;/h3-15H,1-2H3;1-10,14H;3-5H,1-2H3;2-6H,1H3;1H4. The van der Waals surface area contributed by atoms with E-state index in [-0.39, 0.29) is 7.43 Å². The molecule has 5 aromatic carbocycles. The summed E-state index contributed by atoms with van der Waals surface area (Å²) < 4.78 is 1.22. The second-order valence-electron chi connectivity index (χ2n) is 13.9. The minimum atomic E-state index is 0. The Hall–Kier alpha value is -5.28. The number of benzene rings is 5. The maximum Gasteiger partial charge on any atom is 0.0834 e. The molecule has 0 spiro atoms. The van der Waals surface area contributed by atoms with Crippen LogP contribution in [-0.4, -0.2) is 11.4 Å². The van der Waals surface area contributed by atoms with E-state index in [1.807, 2.05) is 136 Å². The molecule has 0 bridgehead atoms. The van der Waals surface area contributed by atoms with Crippen LogP contribution in [0.3, 0.4) is 0 Å². The first-order valence-electron chi connectivity index (χ1n) is 19.5. The van der Waals surface area contributed by atoms with Crippen molar-refractivity contribution < 1.29 is 0 Å². The highest BCUT2D eigenvalue weighted by Gasteiger charge is 2.14. The molecule has 0 saturated carbocycles. The highest BCUT2D eigenvalue weighted by atomic mass is 79.9. The predicted molar refractivity (Wildman–Crippen MR) is 277 cm³/mol. The lowest BCUT2D eigenvalue weighted by Gasteiger charge is -2.08. The van der Waals surface area contributed by atoms with Gasteiger partial charge >= 0.3 is 0 Å². The van der Waals surface area contributed by atoms with Crippen molar-refractivity contribution >= 4 is 78.4 Å². The number of rotatable bonds is 7. The molecular weight excluding hydrogens is 885 g/mol. The summed E-state index contributed by atoms with van der Waals surface area (Å²) >= 11 is 10.9. The van der Waals surface area contributed by atoms with Crippen molar-refractivity contribution in [3.8, 4) is 19.5 Å². The molecule has 4 heterocycles. The third-order valence-corrected chi connectivity index (χ3v) is 14.3. The summed E-state index contributed by atoms with van der Waals surface area (Å²) in [7, 11) is 0. The first-order valence-corrected chi connectivity index (χ1v) is 23.6. The van der Waals surface area contributed by atoms with Crippen LogP contribution in [0, 0.1) is 40.0 Å². The molecule has 0 fully saturated rings. The summed E-state index contributed by atoms with van der Waals surface area (Å²) in [5.41, 5.74) is 8.15. The first-order chi connectivity index (χ1) is 29.1. The molecule has 0 amide bonds. The molecule has 7 heteroatoms. The van der Waals surface area contributed by atoms with Crippen LogP contribution in [0.1, 0.15) is 54.8 Å². The number of halogens is 1. The maximum absolute atomic E-state index is 7.97. The van der Waals surface area contributed by atoms with E-state index in [9.17, 15) is 0 Å². The van der Waals surface area contributed by atoms with Gasteiger partial charge in [-0.25, -0.2) is 4.99 Å². The molecular formula is C54H51BrN2S4. The Labute approximate surface area is 387 Å². The third kappa shape index (κ3) is 13.9. The smallest absolute Gasteiger partial charge is 0.0834 e. The highest BCUT2D eigenvalue weighted by molar-refractivity contribution is 9.10. The zero-order valence-corrected chi connectivity index (χ0v) is 39.2. The Kier molecular flexibility index (Phi) is 18.1. The maximum atomic E-state index is 7.97. The molecule has 0 radical (unpaired) electrons. The number of nitrogens with one attached hydrogen (secondary N) is 1. The van der Waals surface area contributed by atoms with Gasteiger partial charge < -0.3 is 0 Å². The molecule has 9 rings (SSSR count). The third-order valence-electron chi connectivity index (χ3n) is 8.97. The Morgan fingerprint density at radius 3 is 1.16 bits per heavy atom. The number of nitrogens with zero attached hydrogens (tertiary/aromatic N) is 1. The van der Waals surface area contributed by atoms with E-state index in [0.717, 1.165) is 33.7 Å². The molecule has 308 valence electrons. The van der Waals surface area contributed by atoms with E-state index in [4.69, 9.17) is 10.4 Å². The van der Waals surface area contributed by atoms with Gasteiger partial charge in [0.05, 0.1) is 26.9 Å². The van der Waals surface area contributed by atoms with Crippen molar-refractivity contribution in [3.05, 3.63) is 240 Å². The average molecular weight is 936 g/mol. The molecule has 9 aromatic rings. The van der Waals surface area contributed by atoms with E-state index in [1.54, 1.807) is 0 Å². The molecule has 0 aliphatic heterocycles. The molecule has 0 unspecified atom stereocenters. The topological polar surface area (TPSA) is 36.2 Å². The minimum Gasteiger partial charge on any atom is -0.300 e. The van der Waals surface area contributed by atoms with Gasteiger partial charge in [0, 0.05) is 44.9 Å². The highest BCUT2D eigenvalue weighted by Crippen LogP contribution is 2.42. The van der Waals surface area contributed by atoms with Gasteiger partial charge in [-0.2, -0.15) is 0 Å². The van der Waals surface area contributed by atoms with Crippen LogP contribution in [0.25, 0.3) is 19.5 Å². The number of thiophene rings is 4. The average Bonchev–Trinajstić information content (AvgIpc) is 4.08. The van der Waals surface area contributed by atoms with E-state index < -0.39 is 0 Å². The summed E-state index contributed by atoms with van der Waals surface area (Å²) in [6.07, 6.45) is 0. The Morgan fingerprint density at radius 1 is 0.426 bits per heavy atom. The van der Waals surface area contributed by atoms with Gasteiger partial charge in [0.25, 0.3) is 0 Å². The number of hydrogen-bond acceptors (Lipinski definition) is 6. The van der Waals surface area contributed by atoms with Crippen LogP contribution >= 0.6 is 61.3 Å². The summed E-state index contributed by atoms with van der Waals surface area (Å²) in [6.45, 7) is 10.7. The van der Waals surface area contributed by atoms with Crippen molar-refractivity contribution in [2.24, 2.45) is 4.99 Å². The Balaban J connectivity index is 0.000000170. The number of hydrogen-bond donors (Lipinski definition) is 1. The van der Waals surface area contributed by atoms with Gasteiger partial charge in [0.2, 0.25) is 0 Å². The summed E-state index contributed by atoms with van der Waals surface area (Å²) in [6, 6.07) is 63.8. The SMILES string of the molecule is C.Cc1ccc(-c2sc(C)cc2Br)s1.Cc1ccc(-c2sc(C)cc2N=C(c2ccccc2)c2ccccc2)s1.Cc1ccccc1.N=C(c1ccccc1)c1ccccc1. The molecule has 0 saturated heterocycles. The molecule has 0 aliphatic carbocycles. The minimum absolute atomic E-state index is 0. The molecule has 4 aromatic heterocycles. The van der Waals surface area contributed by atoms with Crippen LogP contribution in [-0.2, 0) is 0 Å². The summed E-state index contributed by atoms with van der Waals surface area (Å²) in [4.78, 5) is 15.7. The van der Waals surface area contributed by atoms with Crippen molar-refractivity contribution in [2.75, 3.05) is 0 Å². The fourth-order valence-electron chi connectivity index (χ4n) is 6.04. The van der Waals surface area contributed by atoms with Gasteiger partial charge in [-0.1, -0.05) is 165 Å². The van der Waals surface area contributed by atoms with E-state index in [0.29, 0.717) is 5.71 Å².